The summed E-state index contributed by atoms with van der Waals surface area (Å²) < 4.78 is 0. The number of nitrogens with two attached hydrogens (primary N) is 1. The van der Waals surface area contributed by atoms with Gasteiger partial charge in [0, 0.05) is 36.6 Å². The van der Waals surface area contributed by atoms with Gasteiger partial charge < -0.3 is 15.8 Å². The topological polar surface area (TPSA) is 135 Å². The van der Waals surface area contributed by atoms with Crippen LogP contribution in [-0.2, 0) is 11.2 Å². The summed E-state index contributed by atoms with van der Waals surface area (Å²) in [7, 11) is 0. The van der Waals surface area contributed by atoms with E-state index < -0.39 is 16.9 Å². The number of non-ortho nitro benzene ring substituents is 1. The van der Waals surface area contributed by atoms with E-state index >= 15 is 0 Å². The van der Waals surface area contributed by atoms with Crippen molar-refractivity contribution in [3.63, 3.8) is 0 Å². The van der Waals surface area contributed by atoms with Gasteiger partial charge in [0.25, 0.3) is 5.69 Å². The molecule has 24 heavy (non-hydrogen) atoms. The summed E-state index contributed by atoms with van der Waals surface area (Å²) in [5.41, 5.74) is 8.19. The first-order chi connectivity index (χ1) is 11.5. The number of carbonyl (C=O) groups is 1. The molecule has 0 aliphatic carbocycles. The predicted octanol–water partition coefficient (Wildman–Crippen LogP) is 2.09. The number of aliphatic carboxylic acids is 1. The van der Waals surface area contributed by atoms with Gasteiger partial charge in [0.15, 0.2) is 0 Å². The van der Waals surface area contributed by atoms with Crippen LogP contribution in [0.4, 0.5) is 5.69 Å². The average Bonchev–Trinajstić information content (AvgIpc) is 2.98. The number of nitrogens with zero attached hydrogens (tertiary/aromatic N) is 2. The van der Waals surface area contributed by atoms with E-state index in [0.717, 1.165) is 11.1 Å². The molecule has 0 saturated heterocycles. The van der Waals surface area contributed by atoms with Gasteiger partial charge in [-0.2, -0.15) is 0 Å². The molecule has 3 aromatic rings. The first-order valence-electron chi connectivity index (χ1n) is 7.15. The lowest BCUT2D eigenvalue weighted by Gasteiger charge is -2.07. The largest absolute Gasteiger partial charge is 0.480 e. The van der Waals surface area contributed by atoms with Crippen molar-refractivity contribution >= 4 is 22.6 Å². The zero-order valence-corrected chi connectivity index (χ0v) is 12.5. The Bertz CT molecular complexity index is 920. The summed E-state index contributed by atoms with van der Waals surface area (Å²) in [5.74, 6) is -1.16. The number of nitro groups is 1. The van der Waals surface area contributed by atoms with Crippen LogP contribution in [-0.4, -0.2) is 32.0 Å². The highest BCUT2D eigenvalue weighted by Crippen LogP contribution is 2.36. The second-order valence-corrected chi connectivity index (χ2v) is 5.34. The number of carboxylic acids is 1. The van der Waals surface area contributed by atoms with Crippen LogP contribution < -0.4 is 5.73 Å². The van der Waals surface area contributed by atoms with Crippen molar-refractivity contribution in [2.45, 2.75) is 12.5 Å². The van der Waals surface area contributed by atoms with Gasteiger partial charge in [-0.15, -0.1) is 0 Å². The van der Waals surface area contributed by atoms with Crippen molar-refractivity contribution < 1.29 is 14.8 Å². The van der Waals surface area contributed by atoms with Crippen molar-refractivity contribution in [3.05, 3.63) is 58.5 Å². The Morgan fingerprint density at radius 2 is 2.04 bits per heavy atom. The van der Waals surface area contributed by atoms with Crippen molar-refractivity contribution in [2.24, 2.45) is 5.73 Å². The predicted molar refractivity (Wildman–Crippen MR) is 87.5 cm³/mol. The molecule has 0 amide bonds. The Labute approximate surface area is 136 Å². The molecule has 4 N–H and O–H groups in total. The van der Waals surface area contributed by atoms with E-state index in [2.05, 4.69) is 9.97 Å². The molecule has 2 heterocycles. The number of nitro benzene ring substituents is 1. The summed E-state index contributed by atoms with van der Waals surface area (Å²) in [6.07, 6.45) is 4.83. The number of hydrogen-bond acceptors (Lipinski definition) is 5. The number of hydrogen-bond donors (Lipinski definition) is 3. The summed E-state index contributed by atoms with van der Waals surface area (Å²) in [6, 6.07) is 5.54. The molecule has 0 aliphatic heterocycles. The van der Waals surface area contributed by atoms with Crippen molar-refractivity contribution in [1.29, 1.82) is 0 Å². The van der Waals surface area contributed by atoms with Crippen LogP contribution in [0.25, 0.3) is 22.0 Å². The van der Waals surface area contributed by atoms with E-state index in [1.165, 1.54) is 6.07 Å². The number of rotatable bonds is 5. The highest BCUT2D eigenvalue weighted by atomic mass is 16.6. The van der Waals surface area contributed by atoms with Crippen molar-refractivity contribution in [3.8, 4) is 11.1 Å². The molecule has 0 fully saturated rings. The Hall–Kier alpha value is -3.26. The van der Waals surface area contributed by atoms with Crippen LogP contribution in [0.1, 0.15) is 5.56 Å². The Kier molecular flexibility index (Phi) is 3.97. The third-order valence-corrected chi connectivity index (χ3v) is 3.84. The fraction of sp³-hybridized carbons (Fsp3) is 0.125. The van der Waals surface area contributed by atoms with Gasteiger partial charge in [0.2, 0.25) is 0 Å². The lowest BCUT2D eigenvalue weighted by molar-refractivity contribution is -0.383. The maximum Gasteiger partial charge on any atom is 0.320 e. The van der Waals surface area contributed by atoms with Crippen LogP contribution in [0.5, 0.6) is 0 Å². The van der Waals surface area contributed by atoms with Crippen LogP contribution >= 0.6 is 0 Å². The van der Waals surface area contributed by atoms with Gasteiger partial charge in [-0.05, 0) is 29.3 Å². The lowest BCUT2D eigenvalue weighted by Crippen LogP contribution is -2.32. The minimum absolute atomic E-state index is 0.00400. The van der Waals surface area contributed by atoms with Gasteiger partial charge in [-0.1, -0.05) is 0 Å². The van der Waals surface area contributed by atoms with Crippen LogP contribution in [0, 0.1) is 10.1 Å². The molecule has 1 atom stereocenters. The second-order valence-electron chi connectivity index (χ2n) is 5.34. The quantitative estimate of drug-likeness (QED) is 0.485. The first-order valence-corrected chi connectivity index (χ1v) is 7.15. The van der Waals surface area contributed by atoms with E-state index in [1.54, 1.807) is 36.8 Å². The molecule has 1 aromatic carbocycles. The van der Waals surface area contributed by atoms with Gasteiger partial charge in [0.1, 0.15) is 6.04 Å². The lowest BCUT2D eigenvalue weighted by atomic mass is 9.99. The van der Waals surface area contributed by atoms with Gasteiger partial charge in [0.05, 0.1) is 15.8 Å². The molecule has 122 valence electrons. The van der Waals surface area contributed by atoms with Crippen molar-refractivity contribution in [1.82, 2.24) is 9.97 Å². The number of pyridine rings is 1. The van der Waals surface area contributed by atoms with E-state index in [9.17, 15) is 14.9 Å². The number of H-pyrrole nitrogens is 1. The standard InChI is InChI=1S/C16H14N4O4/c17-12(16(21)22)7-10-8-19-15-11(9-3-5-18-6-4-9)1-2-13(14(10)15)20(23)24/h1-6,8,12,19H,7,17H2,(H,21,22). The normalized spacial score (nSPS) is 12.2. The number of fused-ring (bicyclic) bond motifs is 1. The molecule has 8 heteroatoms. The summed E-state index contributed by atoms with van der Waals surface area (Å²) >= 11 is 0. The zero-order valence-electron chi connectivity index (χ0n) is 12.5. The highest BCUT2D eigenvalue weighted by molar-refractivity contribution is 6.01. The van der Waals surface area contributed by atoms with E-state index in [0.29, 0.717) is 16.5 Å². The SMILES string of the molecule is NC(Cc1c[nH]c2c(-c3ccncc3)ccc([N+](=O)[O-])c12)C(=O)O. The Morgan fingerprint density at radius 1 is 1.33 bits per heavy atom. The molecular formula is C16H14N4O4. The fourth-order valence-electron chi connectivity index (χ4n) is 2.71. The van der Waals surface area contributed by atoms with Gasteiger partial charge in [-0.3, -0.25) is 19.9 Å². The summed E-state index contributed by atoms with van der Waals surface area (Å²) in [6.45, 7) is 0. The number of aromatic amines is 1. The molecule has 3 rings (SSSR count). The smallest absolute Gasteiger partial charge is 0.320 e. The summed E-state index contributed by atoms with van der Waals surface area (Å²) in [5, 5.41) is 20.7. The molecule has 1 unspecified atom stereocenters. The van der Waals surface area contributed by atoms with E-state index in [-0.39, 0.29) is 12.1 Å². The number of aromatic nitrogens is 2. The van der Waals surface area contributed by atoms with Gasteiger partial charge >= 0.3 is 5.97 Å². The molecule has 0 saturated carbocycles. The maximum atomic E-state index is 11.4. The maximum absolute atomic E-state index is 11.4. The van der Waals surface area contributed by atoms with Crippen LogP contribution in [0.15, 0.2) is 42.9 Å². The molecule has 0 aliphatic rings. The van der Waals surface area contributed by atoms with Gasteiger partial charge in [-0.25, -0.2) is 0 Å². The molecule has 2 aromatic heterocycles. The molecule has 0 radical (unpaired) electrons. The average molecular weight is 326 g/mol. The first kappa shape index (κ1) is 15.6. The Morgan fingerprint density at radius 3 is 2.67 bits per heavy atom. The number of benzene rings is 1. The molecule has 0 bridgehead atoms. The second kappa shape index (κ2) is 6.09. The number of nitrogens with one attached hydrogen (secondary N) is 1. The van der Waals surface area contributed by atoms with Crippen LogP contribution in [0.3, 0.4) is 0 Å². The zero-order chi connectivity index (χ0) is 17.3. The van der Waals surface area contributed by atoms with E-state index in [1.807, 2.05) is 0 Å². The molecule has 8 nitrogen and oxygen atoms in total. The summed E-state index contributed by atoms with van der Waals surface area (Å²) in [4.78, 5) is 28.9. The van der Waals surface area contributed by atoms with Crippen molar-refractivity contribution in [2.75, 3.05) is 0 Å². The molecule has 0 spiro atoms. The van der Waals surface area contributed by atoms with E-state index in [4.69, 9.17) is 10.8 Å². The highest BCUT2D eigenvalue weighted by Gasteiger charge is 2.23. The Balaban J connectivity index is 2.22. The fourth-order valence-corrected chi connectivity index (χ4v) is 2.71. The third kappa shape index (κ3) is 2.70. The third-order valence-electron chi connectivity index (χ3n) is 3.84. The minimum atomic E-state index is -1.16. The molecular weight excluding hydrogens is 312 g/mol. The monoisotopic (exact) mass is 326 g/mol. The number of carboxylic acid groups (broad SMARTS) is 1. The van der Waals surface area contributed by atoms with Crippen LogP contribution in [0.2, 0.25) is 0 Å². The minimum Gasteiger partial charge on any atom is -0.480 e.